The van der Waals surface area contributed by atoms with E-state index in [9.17, 15) is 14.4 Å². The van der Waals surface area contributed by atoms with Gasteiger partial charge in [0, 0.05) is 42.4 Å². The van der Waals surface area contributed by atoms with Crippen molar-refractivity contribution in [3.8, 4) is 0 Å². The van der Waals surface area contributed by atoms with Crippen LogP contribution in [0.25, 0.3) is 0 Å². The van der Waals surface area contributed by atoms with Gasteiger partial charge in [-0.25, -0.2) is 9.78 Å². The number of urea groups is 1. The van der Waals surface area contributed by atoms with Crippen LogP contribution in [0.3, 0.4) is 0 Å². The van der Waals surface area contributed by atoms with Gasteiger partial charge in [0.2, 0.25) is 17.8 Å². The van der Waals surface area contributed by atoms with Crippen LogP contribution < -0.4 is 31.9 Å². The van der Waals surface area contributed by atoms with Crippen LogP contribution in [0.15, 0.2) is 55.5 Å². The monoisotopic (exact) mass is 770 g/mol. The van der Waals surface area contributed by atoms with Crippen molar-refractivity contribution < 1.29 is 28.6 Å². The number of amides is 4. The van der Waals surface area contributed by atoms with E-state index in [0.717, 1.165) is 30.6 Å². The molecule has 3 aromatic rings. The van der Waals surface area contributed by atoms with Gasteiger partial charge in [-0.3, -0.25) is 14.3 Å². The summed E-state index contributed by atoms with van der Waals surface area (Å²) in [7, 11) is 0. The van der Waals surface area contributed by atoms with Gasteiger partial charge >= 0.3 is 6.03 Å². The number of nitrogens with one attached hydrogen (secondary N) is 6. The largest absolute Gasteiger partial charge is 0.377 e. The Labute approximate surface area is 317 Å². The lowest BCUT2D eigenvalue weighted by Gasteiger charge is -2.16. The van der Waals surface area contributed by atoms with Gasteiger partial charge in [-0.2, -0.15) is 21.8 Å². The van der Waals surface area contributed by atoms with Gasteiger partial charge in [-0.15, -0.1) is 0 Å². The number of carbonyl (C=O) groups excluding carboxylic acids is 3. The summed E-state index contributed by atoms with van der Waals surface area (Å²) in [5.41, 5.74) is 2.29. The Morgan fingerprint density at radius 2 is 1.87 bits per heavy atom. The summed E-state index contributed by atoms with van der Waals surface area (Å²) in [4.78, 5) is 43.9. The number of rotatable bonds is 24. The molecule has 5 rings (SSSR count). The van der Waals surface area contributed by atoms with E-state index in [-0.39, 0.29) is 29.9 Å². The van der Waals surface area contributed by atoms with Crippen LogP contribution in [0.4, 0.5) is 27.9 Å². The summed E-state index contributed by atoms with van der Waals surface area (Å²) >= 11 is 8.22. The zero-order valence-corrected chi connectivity index (χ0v) is 31.1. The SMILES string of the molecule is C=CC(=O)Nc1cccc(CNc2nc(Nc3cnn(CCOCCOCCOCCNC(=O)CCCCC4SCC5NC(=O)NC54)c3)ncc2Cl)c1. The summed E-state index contributed by atoms with van der Waals surface area (Å²) in [6, 6.07) is 7.80. The third-order valence-electron chi connectivity index (χ3n) is 8.33. The van der Waals surface area contributed by atoms with Crippen molar-refractivity contribution in [1.82, 2.24) is 35.7 Å². The highest BCUT2D eigenvalue weighted by molar-refractivity contribution is 8.00. The van der Waals surface area contributed by atoms with Crippen LogP contribution in [0.1, 0.15) is 31.2 Å². The maximum absolute atomic E-state index is 12.1. The average Bonchev–Trinajstić information content (AvgIpc) is 3.87. The minimum atomic E-state index is -0.280. The fourth-order valence-electron chi connectivity index (χ4n) is 5.69. The molecule has 0 saturated carbocycles. The van der Waals surface area contributed by atoms with Crippen molar-refractivity contribution >= 4 is 64.3 Å². The molecule has 1 aromatic carbocycles. The van der Waals surface area contributed by atoms with E-state index < -0.39 is 0 Å². The number of halogens is 1. The molecule has 0 spiro atoms. The molecule has 286 valence electrons. The van der Waals surface area contributed by atoms with Gasteiger partial charge in [0.25, 0.3) is 0 Å². The summed E-state index contributed by atoms with van der Waals surface area (Å²) in [5, 5.41) is 23.1. The minimum absolute atomic E-state index is 0.0315. The molecule has 2 fully saturated rings. The van der Waals surface area contributed by atoms with Gasteiger partial charge in [0.15, 0.2) is 5.82 Å². The molecule has 4 heterocycles. The molecule has 2 aromatic heterocycles. The van der Waals surface area contributed by atoms with Crippen LogP contribution in [0.2, 0.25) is 5.02 Å². The zero-order chi connectivity index (χ0) is 37.3. The highest BCUT2D eigenvalue weighted by Crippen LogP contribution is 2.33. The van der Waals surface area contributed by atoms with E-state index in [0.29, 0.717) is 99.1 Å². The predicted octanol–water partition coefficient (Wildman–Crippen LogP) is 3.70. The van der Waals surface area contributed by atoms with E-state index >= 15 is 0 Å². The van der Waals surface area contributed by atoms with Gasteiger partial charge in [-0.05, 0) is 36.6 Å². The Bertz CT molecular complexity index is 1660. The first kappa shape index (κ1) is 39.8. The Morgan fingerprint density at radius 3 is 2.70 bits per heavy atom. The quantitative estimate of drug-likeness (QED) is 0.0440. The molecular formula is C35H47ClN10O6S. The van der Waals surface area contributed by atoms with Crippen LogP contribution >= 0.6 is 23.4 Å². The molecule has 0 radical (unpaired) electrons. The van der Waals surface area contributed by atoms with Crippen molar-refractivity contribution in [3.63, 3.8) is 0 Å². The van der Waals surface area contributed by atoms with Gasteiger partial charge < -0.3 is 46.1 Å². The lowest BCUT2D eigenvalue weighted by molar-refractivity contribution is -0.121. The summed E-state index contributed by atoms with van der Waals surface area (Å²) in [6.45, 7) is 7.56. The molecule has 2 aliphatic heterocycles. The Morgan fingerprint density at radius 1 is 1.06 bits per heavy atom. The fourth-order valence-corrected chi connectivity index (χ4v) is 7.40. The second-order valence-electron chi connectivity index (χ2n) is 12.3. The van der Waals surface area contributed by atoms with Crippen LogP contribution in [0, 0.1) is 0 Å². The maximum atomic E-state index is 12.1. The molecule has 2 aliphatic rings. The third kappa shape index (κ3) is 13.5. The van der Waals surface area contributed by atoms with Crippen LogP contribution in [0.5, 0.6) is 0 Å². The summed E-state index contributed by atoms with van der Waals surface area (Å²) < 4.78 is 18.5. The summed E-state index contributed by atoms with van der Waals surface area (Å²) in [5.74, 6) is 1.51. The number of ether oxygens (including phenoxy) is 3. The van der Waals surface area contributed by atoms with E-state index in [1.807, 2.05) is 36.2 Å². The number of thioether (sulfide) groups is 1. The van der Waals surface area contributed by atoms with Crippen molar-refractivity contribution in [2.24, 2.45) is 0 Å². The fraction of sp³-hybridized carbons (Fsp3) is 0.486. The average molecular weight is 771 g/mol. The number of nitrogens with zero attached hydrogens (tertiary/aromatic N) is 4. The Balaban J connectivity index is 0.849. The van der Waals surface area contributed by atoms with Crippen LogP contribution in [-0.4, -0.2) is 107 Å². The molecule has 18 heteroatoms. The highest BCUT2D eigenvalue weighted by Gasteiger charge is 2.42. The molecule has 6 N–H and O–H groups in total. The predicted molar refractivity (Wildman–Crippen MR) is 205 cm³/mol. The van der Waals surface area contributed by atoms with E-state index in [1.54, 1.807) is 16.9 Å². The van der Waals surface area contributed by atoms with Crippen molar-refractivity contribution in [3.05, 3.63) is 66.1 Å². The van der Waals surface area contributed by atoms with Crippen LogP contribution in [-0.2, 0) is 36.9 Å². The number of hydrogen-bond acceptors (Lipinski definition) is 12. The second kappa shape index (κ2) is 21.3. The van der Waals surface area contributed by atoms with E-state index in [1.165, 1.54) is 12.3 Å². The standard InChI is InChI=1S/C35H47ClN10O6S/c1-2-30(47)41-25-7-5-6-24(18-25)19-38-33-27(36)21-39-34(45-33)42-26-20-40-46(22-26)11-13-51-15-17-52-16-14-50-12-10-37-31(48)9-4-3-8-29-32-28(23-53-29)43-35(49)44-32/h2,5-7,18,20-22,28-29,32H,1,3-4,8-17,19,23H2,(H,37,48)(H,41,47)(H2,43,44,49)(H2,38,39,42,45). The number of anilines is 4. The molecule has 4 amide bonds. The molecule has 2 saturated heterocycles. The molecule has 53 heavy (non-hydrogen) atoms. The van der Waals surface area contributed by atoms with Crippen molar-refractivity contribution in [2.45, 2.75) is 56.1 Å². The molecule has 0 aliphatic carbocycles. The maximum Gasteiger partial charge on any atom is 0.315 e. The molecule has 3 atom stereocenters. The van der Waals surface area contributed by atoms with Gasteiger partial charge in [0.1, 0.15) is 5.02 Å². The number of hydrogen-bond donors (Lipinski definition) is 6. The number of aromatic nitrogens is 4. The van der Waals surface area contributed by atoms with Crippen molar-refractivity contribution in [2.75, 3.05) is 67.9 Å². The first-order chi connectivity index (χ1) is 25.9. The zero-order valence-electron chi connectivity index (χ0n) is 29.5. The first-order valence-electron chi connectivity index (χ1n) is 17.6. The molecule has 3 unspecified atom stereocenters. The number of carbonyl (C=O) groups is 3. The third-order valence-corrected chi connectivity index (χ3v) is 10.1. The number of fused-ring (bicyclic) bond motifs is 1. The minimum Gasteiger partial charge on any atom is -0.377 e. The molecule has 0 bridgehead atoms. The topological polar surface area (TPSA) is 195 Å². The van der Waals surface area contributed by atoms with Gasteiger partial charge in [0.05, 0.1) is 76.4 Å². The lowest BCUT2D eigenvalue weighted by Crippen LogP contribution is -2.36. The van der Waals surface area contributed by atoms with Crippen molar-refractivity contribution in [1.29, 1.82) is 0 Å². The number of unbranched alkanes of at least 4 members (excludes halogenated alkanes) is 1. The Hall–Kier alpha value is -4.42. The molecular weight excluding hydrogens is 724 g/mol. The highest BCUT2D eigenvalue weighted by atomic mass is 35.5. The second-order valence-corrected chi connectivity index (χ2v) is 14.0. The lowest BCUT2D eigenvalue weighted by atomic mass is 10.0. The van der Waals surface area contributed by atoms with E-state index in [4.69, 9.17) is 25.8 Å². The van der Waals surface area contributed by atoms with E-state index in [2.05, 4.69) is 53.5 Å². The first-order valence-corrected chi connectivity index (χ1v) is 19.1. The molecule has 16 nitrogen and oxygen atoms in total. The summed E-state index contributed by atoms with van der Waals surface area (Å²) in [6.07, 6.45) is 9.52. The smallest absolute Gasteiger partial charge is 0.315 e. The normalized spacial score (nSPS) is 17.5. The van der Waals surface area contributed by atoms with Gasteiger partial charge in [-0.1, -0.05) is 36.7 Å². The number of benzene rings is 1. The Kier molecular flexibility index (Phi) is 16.0.